The van der Waals surface area contributed by atoms with Crippen LogP contribution >= 0.6 is 11.3 Å². The molecule has 2 N–H and O–H groups in total. The summed E-state index contributed by atoms with van der Waals surface area (Å²) in [5.41, 5.74) is 1.50. The molecular weight excluding hydrogens is 460 g/mol. The second-order valence-electron chi connectivity index (χ2n) is 7.95. The molecule has 0 radical (unpaired) electrons. The van der Waals surface area contributed by atoms with Gasteiger partial charge in [0.2, 0.25) is 0 Å². The zero-order valence-electron chi connectivity index (χ0n) is 17.5. The van der Waals surface area contributed by atoms with Gasteiger partial charge in [0.15, 0.2) is 17.4 Å². The Morgan fingerprint density at radius 3 is 2.75 bits per heavy atom. The second kappa shape index (κ2) is 8.41. The zero-order chi connectivity index (χ0) is 23.1. The maximum Gasteiger partial charge on any atom is 0.282 e. The normalized spacial score (nSPS) is 21.5. The Bertz CT molecular complexity index is 1220. The van der Waals surface area contributed by atoms with Gasteiger partial charge in [0.05, 0.1) is 5.51 Å². The Morgan fingerprint density at radius 1 is 1.31 bits per heavy atom. The highest BCUT2D eigenvalue weighted by atomic mass is 32.2. The third-order valence-electron chi connectivity index (χ3n) is 5.88. The first-order valence-corrected chi connectivity index (χ1v) is 12.4. The molecule has 4 rings (SSSR count). The number of anilines is 1. The van der Waals surface area contributed by atoms with E-state index < -0.39 is 32.2 Å². The minimum Gasteiger partial charge on any atom is -0.484 e. The summed E-state index contributed by atoms with van der Waals surface area (Å²) < 4.78 is 63.4. The van der Waals surface area contributed by atoms with Crippen LogP contribution < -0.4 is 15.0 Å². The number of hydrazine groups is 1. The van der Waals surface area contributed by atoms with Crippen molar-refractivity contribution < 1.29 is 21.9 Å². The Kier molecular flexibility index (Phi) is 5.94. The average Bonchev–Trinajstić information content (AvgIpc) is 3.42. The fraction of sp³-hybridized carbons (Fsp3) is 0.400. The van der Waals surface area contributed by atoms with Gasteiger partial charge in [-0.25, -0.2) is 19.6 Å². The van der Waals surface area contributed by atoms with Crippen LogP contribution in [0.4, 0.5) is 14.6 Å². The molecule has 0 bridgehead atoms. The monoisotopic (exact) mass is 483 g/mol. The van der Waals surface area contributed by atoms with Gasteiger partial charge in [0, 0.05) is 42.4 Å². The van der Waals surface area contributed by atoms with Gasteiger partial charge in [-0.3, -0.25) is 4.68 Å². The van der Waals surface area contributed by atoms with Gasteiger partial charge in [0.1, 0.15) is 16.3 Å². The third-order valence-corrected chi connectivity index (χ3v) is 8.03. The summed E-state index contributed by atoms with van der Waals surface area (Å²) in [6.07, 6.45) is 4.97. The van der Waals surface area contributed by atoms with E-state index in [-0.39, 0.29) is 17.5 Å². The van der Waals surface area contributed by atoms with E-state index in [0.717, 1.165) is 42.4 Å². The van der Waals surface area contributed by atoms with Gasteiger partial charge >= 0.3 is 0 Å². The highest BCUT2D eigenvalue weighted by molar-refractivity contribution is 7.92. The highest BCUT2D eigenvalue weighted by Gasteiger charge is 2.42. The molecule has 8 nitrogen and oxygen atoms in total. The summed E-state index contributed by atoms with van der Waals surface area (Å²) in [6.45, 7) is 1.86. The van der Waals surface area contributed by atoms with E-state index in [1.54, 1.807) is 10.9 Å². The number of nitrogens with zero attached hydrogens (tertiary/aromatic N) is 4. The number of hydrogen-bond donors (Lipinski definition) is 1. The lowest BCUT2D eigenvalue weighted by Gasteiger charge is -2.41. The second-order valence-corrected chi connectivity index (χ2v) is 10.5. The maximum atomic E-state index is 15.0. The van der Waals surface area contributed by atoms with Crippen molar-refractivity contribution in [1.82, 2.24) is 14.8 Å². The first-order chi connectivity index (χ1) is 15.1. The van der Waals surface area contributed by atoms with Crippen molar-refractivity contribution in [2.24, 2.45) is 12.9 Å². The number of nitrogens with two attached hydrogens (primary N) is 1. The van der Waals surface area contributed by atoms with E-state index >= 15 is 0 Å². The molecular formula is C20H23F2N5O3S2. The molecule has 0 saturated heterocycles. The van der Waals surface area contributed by atoms with Crippen molar-refractivity contribution in [3.8, 4) is 5.75 Å². The number of aryl methyl sites for hydroxylation is 1. The number of halogens is 2. The van der Waals surface area contributed by atoms with E-state index in [9.17, 15) is 17.2 Å². The summed E-state index contributed by atoms with van der Waals surface area (Å²) >= 11 is 1.12. The molecule has 1 aromatic carbocycles. The molecule has 2 aromatic heterocycles. The molecule has 0 amide bonds. The fourth-order valence-electron chi connectivity index (χ4n) is 4.19. The third kappa shape index (κ3) is 3.97. The molecule has 1 saturated carbocycles. The number of rotatable bonds is 6. The summed E-state index contributed by atoms with van der Waals surface area (Å²) in [7, 11) is -2.73. The first kappa shape index (κ1) is 22.6. The topological polar surface area (TPSA) is 103 Å². The van der Waals surface area contributed by atoms with Crippen molar-refractivity contribution >= 4 is 27.2 Å². The van der Waals surface area contributed by atoms with E-state index in [1.165, 1.54) is 10.9 Å². The van der Waals surface area contributed by atoms with Gasteiger partial charge in [-0.05, 0) is 32.3 Å². The predicted molar refractivity (Wildman–Crippen MR) is 116 cm³/mol. The van der Waals surface area contributed by atoms with Crippen LogP contribution in [0.5, 0.6) is 5.75 Å². The fourth-order valence-corrected chi connectivity index (χ4v) is 5.90. The van der Waals surface area contributed by atoms with Crippen LogP contribution in [0.2, 0.25) is 0 Å². The number of ether oxygens (including phenoxy) is 1. The van der Waals surface area contributed by atoms with E-state index in [2.05, 4.69) is 10.1 Å². The van der Waals surface area contributed by atoms with E-state index in [4.69, 9.17) is 10.6 Å². The lowest BCUT2D eigenvalue weighted by molar-refractivity contribution is 0.0195. The Balaban J connectivity index is 1.67. The smallest absolute Gasteiger partial charge is 0.282 e. The Morgan fingerprint density at radius 2 is 2.09 bits per heavy atom. The summed E-state index contributed by atoms with van der Waals surface area (Å²) in [4.78, 5) is 2.90. The molecule has 12 heteroatoms. The molecule has 0 spiro atoms. The molecule has 32 heavy (non-hydrogen) atoms. The maximum absolute atomic E-state index is 15.0. The van der Waals surface area contributed by atoms with Crippen molar-refractivity contribution in [2.75, 3.05) is 4.41 Å². The summed E-state index contributed by atoms with van der Waals surface area (Å²) in [6, 6.07) is 3.24. The lowest BCUT2D eigenvalue weighted by atomic mass is 9.74. The van der Waals surface area contributed by atoms with Crippen LogP contribution in [0.1, 0.15) is 44.2 Å². The SMILES string of the molecule is Cn1nccc1[C@H]1CCCC[C@@]1(C)Oc1cc(F)c(S(=O)(=O)N(N)c2cscn2)cc1F. The van der Waals surface area contributed by atoms with Crippen LogP contribution in [0, 0.1) is 11.6 Å². The van der Waals surface area contributed by atoms with Gasteiger partial charge in [-0.1, -0.05) is 6.42 Å². The molecule has 1 fully saturated rings. The molecule has 1 aliphatic carbocycles. The minimum absolute atomic E-state index is 0.0844. The zero-order valence-corrected chi connectivity index (χ0v) is 19.2. The van der Waals surface area contributed by atoms with Crippen LogP contribution in [-0.2, 0) is 17.1 Å². The van der Waals surface area contributed by atoms with Crippen LogP contribution in [0.15, 0.2) is 40.2 Å². The quantitative estimate of drug-likeness (QED) is 0.423. The highest BCUT2D eigenvalue weighted by Crippen LogP contribution is 2.44. The van der Waals surface area contributed by atoms with Crippen molar-refractivity contribution in [3.63, 3.8) is 0 Å². The molecule has 172 valence electrons. The van der Waals surface area contributed by atoms with Crippen molar-refractivity contribution in [2.45, 2.75) is 49.0 Å². The summed E-state index contributed by atoms with van der Waals surface area (Å²) in [5, 5.41) is 5.59. The van der Waals surface area contributed by atoms with Crippen LogP contribution in [0.25, 0.3) is 0 Å². The van der Waals surface area contributed by atoms with Crippen LogP contribution in [-0.4, -0.2) is 28.8 Å². The average molecular weight is 484 g/mol. The molecule has 2 atom stereocenters. The van der Waals surface area contributed by atoms with Crippen molar-refractivity contribution in [1.29, 1.82) is 0 Å². The molecule has 3 aromatic rings. The minimum atomic E-state index is -4.56. The molecule has 0 unspecified atom stereocenters. The number of aromatic nitrogens is 3. The predicted octanol–water partition coefficient (Wildman–Crippen LogP) is 3.72. The largest absolute Gasteiger partial charge is 0.484 e. The lowest BCUT2D eigenvalue weighted by Crippen LogP contribution is -2.43. The Labute approximate surface area is 188 Å². The molecule has 1 aliphatic rings. The first-order valence-electron chi connectivity index (χ1n) is 9.97. The van der Waals surface area contributed by atoms with Crippen molar-refractivity contribution in [3.05, 3.63) is 52.6 Å². The van der Waals surface area contributed by atoms with Gasteiger partial charge in [-0.15, -0.1) is 11.3 Å². The van der Waals surface area contributed by atoms with E-state index in [1.807, 2.05) is 20.0 Å². The van der Waals surface area contributed by atoms with Gasteiger partial charge in [0.25, 0.3) is 10.0 Å². The van der Waals surface area contributed by atoms with Gasteiger partial charge in [-0.2, -0.15) is 17.9 Å². The number of benzene rings is 1. The number of hydrogen-bond acceptors (Lipinski definition) is 7. The van der Waals surface area contributed by atoms with E-state index in [0.29, 0.717) is 16.9 Å². The number of sulfonamides is 1. The Hall–Kier alpha value is -2.57. The summed E-state index contributed by atoms with van der Waals surface area (Å²) in [5.74, 6) is 2.94. The van der Waals surface area contributed by atoms with Crippen LogP contribution in [0.3, 0.4) is 0 Å². The molecule has 2 heterocycles. The molecule has 0 aliphatic heterocycles. The standard InChI is InChI=1S/C20H23F2N5O3S2/c1-20(7-4-3-5-13(20)16-6-8-25-26(16)2)30-17-9-15(22)18(10-14(17)21)32(28,29)27(23)19-11-31-12-24-19/h6,8-13H,3-5,7,23H2,1-2H3/t13-,20-/m1/s1. The van der Waals surface area contributed by atoms with Gasteiger partial charge < -0.3 is 4.74 Å². The number of thiazole rings is 1.